The Kier molecular flexibility index (Phi) is 11.7. The molecule has 318 valence electrons. The Bertz CT molecular complexity index is 2260. The Balaban J connectivity index is 1.36. The number of benzene rings is 2. The third-order valence-electron chi connectivity index (χ3n) is 10.8. The molecule has 2 aliphatic carbocycles. The largest absolute Gasteiger partial charge is 0.497 e. The van der Waals surface area contributed by atoms with Gasteiger partial charge in [0, 0.05) is 43.1 Å². The van der Waals surface area contributed by atoms with Gasteiger partial charge in [-0.05, 0) is 87.2 Å². The molecule has 3 aromatic rings. The third-order valence-corrected chi connectivity index (χ3v) is 12.6. The van der Waals surface area contributed by atoms with E-state index in [1.54, 1.807) is 54.7 Å². The van der Waals surface area contributed by atoms with E-state index in [0.717, 1.165) is 16.6 Å². The molecule has 5 atom stereocenters. The van der Waals surface area contributed by atoms with Crippen LogP contribution in [0, 0.1) is 11.3 Å². The Labute approximate surface area is 346 Å². The number of hydrogen-bond donors (Lipinski definition) is 3. The van der Waals surface area contributed by atoms with E-state index in [-0.39, 0.29) is 25.3 Å². The topological polar surface area (TPSA) is 186 Å². The zero-order valence-electron chi connectivity index (χ0n) is 35.2. The number of alkyl carbamates (subject to hydrolysis) is 1. The van der Waals surface area contributed by atoms with Gasteiger partial charge in [-0.1, -0.05) is 39.0 Å². The lowest BCUT2D eigenvalue weighted by atomic mass is 9.85. The summed E-state index contributed by atoms with van der Waals surface area (Å²) >= 11 is 0. The highest BCUT2D eigenvalue weighted by Gasteiger charge is 2.62. The van der Waals surface area contributed by atoms with Crippen molar-refractivity contribution in [2.24, 2.45) is 11.3 Å². The average Bonchev–Trinajstić information content (AvgIpc) is 4.09. The molecule has 1 aromatic heterocycles. The molecule has 0 bridgehead atoms. The van der Waals surface area contributed by atoms with Crippen molar-refractivity contribution >= 4 is 50.3 Å². The number of likely N-dealkylation sites (tertiary alicyclic amines) is 1. The Morgan fingerprint density at radius 3 is 2.34 bits per heavy atom. The van der Waals surface area contributed by atoms with Crippen LogP contribution in [0.25, 0.3) is 22.0 Å². The second-order valence-corrected chi connectivity index (χ2v) is 19.9. The van der Waals surface area contributed by atoms with Crippen molar-refractivity contribution in [2.75, 3.05) is 32.6 Å². The van der Waals surface area contributed by atoms with Gasteiger partial charge in [0.25, 0.3) is 5.91 Å². The SMILES string of the molecule is C=CC1CC1(NC(=O)C1CC(Oc2nc(-c3cccc(N(C)C)c3)cc3cc(OC)ccc23)CN1C(=O)C(NC(=O)OC(C)(C)C)C(C)(C)C)C(=O)NS(=O)(=O)C1CC1. The molecule has 6 rings (SSSR count). The molecule has 3 N–H and O–H groups in total. The van der Waals surface area contributed by atoms with E-state index in [9.17, 15) is 27.6 Å². The summed E-state index contributed by atoms with van der Waals surface area (Å²) in [5.74, 6) is -1.76. The van der Waals surface area contributed by atoms with Crippen LogP contribution in [0.1, 0.15) is 67.2 Å². The van der Waals surface area contributed by atoms with Crippen molar-refractivity contribution in [3.63, 3.8) is 0 Å². The summed E-state index contributed by atoms with van der Waals surface area (Å²) < 4.78 is 45.5. The van der Waals surface area contributed by atoms with E-state index in [1.807, 2.05) is 61.5 Å². The quantitative estimate of drug-likeness (QED) is 0.198. The predicted octanol–water partition coefficient (Wildman–Crippen LogP) is 4.93. The highest BCUT2D eigenvalue weighted by atomic mass is 32.2. The van der Waals surface area contributed by atoms with Gasteiger partial charge in [-0.15, -0.1) is 6.58 Å². The predicted molar refractivity (Wildman–Crippen MR) is 224 cm³/mol. The second-order valence-electron chi connectivity index (χ2n) is 18.0. The Morgan fingerprint density at radius 2 is 1.75 bits per heavy atom. The van der Waals surface area contributed by atoms with E-state index < -0.39 is 79.7 Å². The van der Waals surface area contributed by atoms with Crippen LogP contribution in [-0.4, -0.2) is 104 Å². The van der Waals surface area contributed by atoms with Crippen LogP contribution in [0.4, 0.5) is 10.5 Å². The van der Waals surface area contributed by atoms with Gasteiger partial charge in [-0.2, -0.15) is 0 Å². The Morgan fingerprint density at radius 1 is 1.03 bits per heavy atom. The molecule has 4 amide bonds. The molecule has 15 nitrogen and oxygen atoms in total. The van der Waals surface area contributed by atoms with Crippen LogP contribution in [0.15, 0.2) is 61.2 Å². The molecular formula is C43H56N6O9S. The lowest BCUT2D eigenvalue weighted by Gasteiger charge is -2.36. The fourth-order valence-electron chi connectivity index (χ4n) is 7.30. The molecule has 0 spiro atoms. The number of nitrogens with zero attached hydrogens (tertiary/aromatic N) is 3. The summed E-state index contributed by atoms with van der Waals surface area (Å²) in [6.45, 7) is 14.2. The number of anilines is 1. The number of amides is 4. The maximum atomic E-state index is 14.7. The summed E-state index contributed by atoms with van der Waals surface area (Å²) in [4.78, 5) is 64.3. The number of nitrogens with one attached hydrogen (secondary N) is 3. The number of carbonyl (C=O) groups excluding carboxylic acids is 4. The second kappa shape index (κ2) is 16.0. The van der Waals surface area contributed by atoms with Gasteiger partial charge in [0.1, 0.15) is 35.1 Å². The van der Waals surface area contributed by atoms with Crippen molar-refractivity contribution in [3.8, 4) is 22.9 Å². The zero-order valence-corrected chi connectivity index (χ0v) is 36.1. The molecule has 3 aliphatic rings. The molecule has 16 heteroatoms. The number of fused-ring (bicyclic) bond motifs is 1. The molecule has 5 unspecified atom stereocenters. The first-order valence-corrected chi connectivity index (χ1v) is 21.3. The minimum absolute atomic E-state index is 0.0165. The van der Waals surface area contributed by atoms with Gasteiger partial charge in [-0.3, -0.25) is 19.1 Å². The molecule has 1 aliphatic heterocycles. The smallest absolute Gasteiger partial charge is 0.408 e. The molecule has 3 fully saturated rings. The molecule has 0 radical (unpaired) electrons. The minimum Gasteiger partial charge on any atom is -0.497 e. The van der Waals surface area contributed by atoms with Gasteiger partial charge >= 0.3 is 6.09 Å². The molecular weight excluding hydrogens is 777 g/mol. The molecule has 2 heterocycles. The van der Waals surface area contributed by atoms with Crippen LogP contribution in [0.5, 0.6) is 11.6 Å². The first-order chi connectivity index (χ1) is 27.5. The number of ether oxygens (including phenoxy) is 3. The van der Waals surface area contributed by atoms with Gasteiger partial charge in [-0.25, -0.2) is 18.2 Å². The van der Waals surface area contributed by atoms with Crippen molar-refractivity contribution in [1.29, 1.82) is 0 Å². The monoisotopic (exact) mass is 832 g/mol. The minimum atomic E-state index is -3.93. The maximum Gasteiger partial charge on any atom is 0.408 e. The summed E-state index contributed by atoms with van der Waals surface area (Å²) in [6.07, 6.45) is 0.913. The van der Waals surface area contributed by atoms with E-state index >= 15 is 0 Å². The van der Waals surface area contributed by atoms with E-state index in [2.05, 4.69) is 21.9 Å². The van der Waals surface area contributed by atoms with Crippen LogP contribution in [0.3, 0.4) is 0 Å². The number of rotatable bonds is 13. The number of aromatic nitrogens is 1. The molecule has 1 saturated heterocycles. The van der Waals surface area contributed by atoms with Crippen molar-refractivity contribution < 1.29 is 41.8 Å². The van der Waals surface area contributed by atoms with Crippen LogP contribution in [-0.2, 0) is 29.1 Å². The lowest BCUT2D eigenvalue weighted by molar-refractivity contribution is -0.143. The summed E-state index contributed by atoms with van der Waals surface area (Å²) in [7, 11) is 1.55. The maximum absolute atomic E-state index is 14.7. The van der Waals surface area contributed by atoms with E-state index in [0.29, 0.717) is 29.7 Å². The lowest BCUT2D eigenvalue weighted by Crippen LogP contribution is -2.60. The zero-order chi connectivity index (χ0) is 43.2. The number of carbonyl (C=O) groups is 4. The number of hydrogen-bond acceptors (Lipinski definition) is 11. The normalized spacial score (nSPS) is 22.2. The fourth-order valence-corrected chi connectivity index (χ4v) is 8.67. The highest BCUT2D eigenvalue weighted by molar-refractivity contribution is 7.91. The fraction of sp³-hybridized carbons (Fsp3) is 0.512. The van der Waals surface area contributed by atoms with Gasteiger partial charge in [0.15, 0.2) is 0 Å². The van der Waals surface area contributed by atoms with Crippen molar-refractivity contribution in [3.05, 3.63) is 61.2 Å². The number of sulfonamides is 1. The van der Waals surface area contributed by atoms with Gasteiger partial charge < -0.3 is 34.6 Å². The summed E-state index contributed by atoms with van der Waals surface area (Å²) in [5.41, 5.74) is -0.851. The van der Waals surface area contributed by atoms with E-state index in [4.69, 9.17) is 19.2 Å². The first kappa shape index (κ1) is 43.2. The Hall–Kier alpha value is -5.38. The standard InChI is InChI=1S/C43H56N6O9S/c1-11-27-23-43(27,39(52)47-59(54,55)31-16-17-31)46-36(50)34-22-30(24-49(34)38(51)35(41(2,3)4)45-40(53)58-42(5,6)7)57-37-32-18-15-29(56-10)20-26(32)21-33(44-37)25-13-12-14-28(19-25)48(8)9/h11-15,18-21,27,30-31,34-35H,1,16-17,22-24H2,2-10H3,(H,45,53)(H,46,50)(H,47,52). The van der Waals surface area contributed by atoms with Crippen LogP contribution in [0.2, 0.25) is 0 Å². The third kappa shape index (κ3) is 9.58. The number of methoxy groups -OCH3 is 1. The summed E-state index contributed by atoms with van der Waals surface area (Å²) in [6, 6.07) is 13.0. The van der Waals surface area contributed by atoms with Crippen molar-refractivity contribution in [2.45, 2.75) is 102 Å². The first-order valence-electron chi connectivity index (χ1n) is 19.8. The average molecular weight is 833 g/mol. The molecule has 2 saturated carbocycles. The number of pyridine rings is 1. The molecule has 2 aromatic carbocycles. The van der Waals surface area contributed by atoms with Crippen LogP contribution >= 0.6 is 0 Å². The van der Waals surface area contributed by atoms with Crippen LogP contribution < -0.4 is 29.7 Å². The highest BCUT2D eigenvalue weighted by Crippen LogP contribution is 2.46. The molecule has 59 heavy (non-hydrogen) atoms. The van der Waals surface area contributed by atoms with Gasteiger partial charge in [0.2, 0.25) is 27.7 Å². The van der Waals surface area contributed by atoms with E-state index in [1.165, 1.54) is 11.0 Å². The van der Waals surface area contributed by atoms with Crippen molar-refractivity contribution in [1.82, 2.24) is 25.2 Å². The summed E-state index contributed by atoms with van der Waals surface area (Å²) in [5, 5.41) is 6.34. The van der Waals surface area contributed by atoms with Gasteiger partial charge in [0.05, 0.1) is 24.6 Å².